The number of nitrogens with zero attached hydrogens (tertiary/aromatic N) is 1. The van der Waals surface area contributed by atoms with E-state index in [0.717, 1.165) is 26.7 Å². The molecule has 1 unspecified atom stereocenters. The summed E-state index contributed by atoms with van der Waals surface area (Å²) in [5.41, 5.74) is 1.76. The highest BCUT2D eigenvalue weighted by atomic mass is 32.1. The molecule has 1 N–H and O–H groups in total. The van der Waals surface area contributed by atoms with E-state index >= 15 is 0 Å². The standard InChI is InChI=1S/C17H16N2O2S/c1-11(17-19-15-5-3-4-6-16(15)22-17)21-14-9-7-13(8-10-14)18-12(2)20/h3-11H,1-2H3,(H,18,20). The molecule has 3 aromatic rings. The van der Waals surface area contributed by atoms with Crippen molar-refractivity contribution < 1.29 is 9.53 Å². The first kappa shape index (κ1) is 14.5. The Morgan fingerprint density at radius 2 is 1.91 bits per heavy atom. The van der Waals surface area contributed by atoms with Gasteiger partial charge in [0.2, 0.25) is 5.91 Å². The summed E-state index contributed by atoms with van der Waals surface area (Å²) in [4.78, 5) is 15.6. The van der Waals surface area contributed by atoms with Gasteiger partial charge >= 0.3 is 0 Å². The van der Waals surface area contributed by atoms with E-state index in [2.05, 4.69) is 16.4 Å². The quantitative estimate of drug-likeness (QED) is 0.777. The summed E-state index contributed by atoms with van der Waals surface area (Å²) < 4.78 is 7.09. The fraction of sp³-hybridized carbons (Fsp3) is 0.176. The Hall–Kier alpha value is -2.40. The minimum atomic E-state index is -0.121. The number of carbonyl (C=O) groups excluding carboxylic acids is 1. The van der Waals surface area contributed by atoms with Gasteiger partial charge in [-0.25, -0.2) is 4.98 Å². The lowest BCUT2D eigenvalue weighted by molar-refractivity contribution is -0.114. The largest absolute Gasteiger partial charge is 0.484 e. The lowest BCUT2D eigenvalue weighted by Crippen LogP contribution is -2.06. The topological polar surface area (TPSA) is 51.2 Å². The number of para-hydroxylation sites is 1. The minimum Gasteiger partial charge on any atom is -0.484 e. The van der Waals surface area contributed by atoms with Crippen molar-refractivity contribution in [1.82, 2.24) is 4.98 Å². The number of rotatable bonds is 4. The van der Waals surface area contributed by atoms with Crippen LogP contribution in [0.5, 0.6) is 5.75 Å². The average molecular weight is 312 g/mol. The number of amides is 1. The van der Waals surface area contributed by atoms with Crippen molar-refractivity contribution in [3.05, 3.63) is 53.5 Å². The van der Waals surface area contributed by atoms with Crippen LogP contribution in [0, 0.1) is 0 Å². The van der Waals surface area contributed by atoms with Gasteiger partial charge in [-0.3, -0.25) is 4.79 Å². The van der Waals surface area contributed by atoms with E-state index in [4.69, 9.17) is 4.74 Å². The number of hydrogen-bond acceptors (Lipinski definition) is 4. The van der Waals surface area contributed by atoms with Crippen LogP contribution in [0.25, 0.3) is 10.2 Å². The predicted molar refractivity (Wildman–Crippen MR) is 89.4 cm³/mol. The number of benzene rings is 2. The molecule has 0 aliphatic rings. The molecule has 0 aliphatic carbocycles. The highest BCUT2D eigenvalue weighted by Gasteiger charge is 2.13. The Labute approximate surface area is 132 Å². The molecule has 1 atom stereocenters. The van der Waals surface area contributed by atoms with Crippen molar-refractivity contribution in [3.63, 3.8) is 0 Å². The Kier molecular flexibility index (Phi) is 4.06. The molecule has 0 saturated carbocycles. The number of carbonyl (C=O) groups is 1. The number of aromatic nitrogens is 1. The second-order valence-corrected chi connectivity index (χ2v) is 6.05. The van der Waals surface area contributed by atoms with Crippen LogP contribution in [0.1, 0.15) is 25.0 Å². The highest BCUT2D eigenvalue weighted by Crippen LogP contribution is 2.29. The summed E-state index contributed by atoms with van der Waals surface area (Å²) in [5, 5.41) is 3.68. The van der Waals surface area contributed by atoms with Crippen LogP contribution in [0.4, 0.5) is 5.69 Å². The molecule has 0 fully saturated rings. The van der Waals surface area contributed by atoms with Crippen LogP contribution in [0.2, 0.25) is 0 Å². The zero-order valence-electron chi connectivity index (χ0n) is 12.4. The predicted octanol–water partition coefficient (Wildman–Crippen LogP) is 4.39. The third kappa shape index (κ3) is 3.26. The molecular formula is C17H16N2O2S. The maximum atomic E-state index is 11.0. The Bertz CT molecular complexity index is 763. The van der Waals surface area contributed by atoms with E-state index in [1.807, 2.05) is 49.4 Å². The summed E-state index contributed by atoms with van der Waals surface area (Å²) in [6.07, 6.45) is -0.121. The molecule has 112 valence electrons. The van der Waals surface area contributed by atoms with Gasteiger partial charge in [0.1, 0.15) is 16.9 Å². The Morgan fingerprint density at radius 1 is 1.18 bits per heavy atom. The number of fused-ring (bicyclic) bond motifs is 1. The first-order chi connectivity index (χ1) is 10.6. The molecule has 1 amide bonds. The average Bonchev–Trinajstić information content (AvgIpc) is 2.93. The molecule has 0 aliphatic heterocycles. The van der Waals surface area contributed by atoms with Gasteiger partial charge in [0.25, 0.3) is 0 Å². The second kappa shape index (κ2) is 6.15. The van der Waals surface area contributed by atoms with Gasteiger partial charge in [-0.1, -0.05) is 12.1 Å². The lowest BCUT2D eigenvalue weighted by atomic mass is 10.3. The molecule has 0 radical (unpaired) electrons. The Balaban J connectivity index is 1.73. The van der Waals surface area contributed by atoms with Gasteiger partial charge in [-0.05, 0) is 43.3 Å². The summed E-state index contributed by atoms with van der Waals surface area (Å²) in [5.74, 6) is 0.664. The molecule has 2 aromatic carbocycles. The van der Waals surface area contributed by atoms with Crippen molar-refractivity contribution in [2.45, 2.75) is 20.0 Å². The maximum Gasteiger partial charge on any atom is 0.221 e. The summed E-state index contributed by atoms with van der Waals surface area (Å²) in [6.45, 7) is 3.47. The van der Waals surface area contributed by atoms with Crippen molar-refractivity contribution in [3.8, 4) is 5.75 Å². The molecule has 1 heterocycles. The van der Waals surface area contributed by atoms with Crippen LogP contribution < -0.4 is 10.1 Å². The Morgan fingerprint density at radius 3 is 2.59 bits per heavy atom. The van der Waals surface area contributed by atoms with Gasteiger partial charge in [0.05, 0.1) is 10.2 Å². The van der Waals surface area contributed by atoms with Crippen LogP contribution in [-0.2, 0) is 4.79 Å². The highest BCUT2D eigenvalue weighted by molar-refractivity contribution is 7.18. The molecule has 0 saturated heterocycles. The molecule has 4 nitrogen and oxygen atoms in total. The van der Waals surface area contributed by atoms with Gasteiger partial charge in [-0.15, -0.1) is 11.3 Å². The summed E-state index contributed by atoms with van der Waals surface area (Å²) >= 11 is 1.64. The molecule has 0 spiro atoms. The molecule has 0 bridgehead atoms. The summed E-state index contributed by atoms with van der Waals surface area (Å²) in [7, 11) is 0. The van der Waals surface area contributed by atoms with Crippen LogP contribution in [0.3, 0.4) is 0 Å². The van der Waals surface area contributed by atoms with E-state index < -0.39 is 0 Å². The molecule has 1 aromatic heterocycles. The maximum absolute atomic E-state index is 11.0. The van der Waals surface area contributed by atoms with Crippen molar-refractivity contribution in [2.75, 3.05) is 5.32 Å². The van der Waals surface area contributed by atoms with Crippen LogP contribution in [0.15, 0.2) is 48.5 Å². The van der Waals surface area contributed by atoms with E-state index in [1.165, 1.54) is 6.92 Å². The van der Waals surface area contributed by atoms with E-state index in [1.54, 1.807) is 11.3 Å². The molecule has 5 heteroatoms. The zero-order valence-corrected chi connectivity index (χ0v) is 13.2. The number of hydrogen-bond donors (Lipinski definition) is 1. The number of nitrogens with one attached hydrogen (secondary N) is 1. The van der Waals surface area contributed by atoms with E-state index in [9.17, 15) is 4.79 Å². The SMILES string of the molecule is CC(=O)Nc1ccc(OC(C)c2nc3ccccc3s2)cc1. The van der Waals surface area contributed by atoms with Gasteiger partial charge < -0.3 is 10.1 Å². The minimum absolute atomic E-state index is 0.0866. The number of anilines is 1. The lowest BCUT2D eigenvalue weighted by Gasteiger charge is -2.12. The fourth-order valence-electron chi connectivity index (χ4n) is 2.14. The number of thiazole rings is 1. The fourth-order valence-corrected chi connectivity index (χ4v) is 3.09. The van der Waals surface area contributed by atoms with Crippen molar-refractivity contribution in [1.29, 1.82) is 0 Å². The molecule has 3 rings (SSSR count). The smallest absolute Gasteiger partial charge is 0.221 e. The second-order valence-electron chi connectivity index (χ2n) is 4.99. The van der Waals surface area contributed by atoms with Gasteiger partial charge in [0, 0.05) is 12.6 Å². The van der Waals surface area contributed by atoms with Crippen LogP contribution >= 0.6 is 11.3 Å². The summed E-state index contributed by atoms with van der Waals surface area (Å²) in [6, 6.07) is 15.4. The third-order valence-corrected chi connectivity index (χ3v) is 4.34. The molecule has 22 heavy (non-hydrogen) atoms. The first-order valence-electron chi connectivity index (χ1n) is 7.01. The van der Waals surface area contributed by atoms with Gasteiger partial charge in [0.15, 0.2) is 0 Å². The van der Waals surface area contributed by atoms with Crippen molar-refractivity contribution in [2.24, 2.45) is 0 Å². The zero-order chi connectivity index (χ0) is 15.5. The van der Waals surface area contributed by atoms with E-state index in [-0.39, 0.29) is 12.0 Å². The third-order valence-electron chi connectivity index (χ3n) is 3.15. The molecular weight excluding hydrogens is 296 g/mol. The van der Waals surface area contributed by atoms with Crippen molar-refractivity contribution >= 4 is 33.1 Å². The normalized spacial score (nSPS) is 12.1. The van der Waals surface area contributed by atoms with Gasteiger partial charge in [-0.2, -0.15) is 0 Å². The van der Waals surface area contributed by atoms with E-state index in [0.29, 0.717) is 0 Å². The monoisotopic (exact) mass is 312 g/mol. The van der Waals surface area contributed by atoms with Crippen LogP contribution in [-0.4, -0.2) is 10.9 Å². The number of ether oxygens (including phenoxy) is 1. The first-order valence-corrected chi connectivity index (χ1v) is 7.83.